The van der Waals surface area contributed by atoms with Crippen LogP contribution in [0.15, 0.2) is 186 Å². The Morgan fingerprint density at radius 1 is 0.547 bits per heavy atom. The van der Waals surface area contributed by atoms with Crippen molar-refractivity contribution in [2.75, 3.05) is 0 Å². The zero-order valence-corrected chi connectivity index (χ0v) is 36.2. The lowest BCUT2D eigenvalue weighted by Crippen LogP contribution is -2.26. The number of nitrogens with zero attached hydrogens (tertiary/aromatic N) is 4. The third-order valence-electron chi connectivity index (χ3n) is 13.5. The van der Waals surface area contributed by atoms with Crippen LogP contribution in [0.3, 0.4) is 0 Å². The van der Waals surface area contributed by atoms with E-state index in [1.165, 1.54) is 66.7 Å². The molecule has 5 nitrogen and oxygen atoms in total. The van der Waals surface area contributed by atoms with Crippen molar-refractivity contribution in [2.24, 2.45) is 0 Å². The Morgan fingerprint density at radius 3 is 1.92 bits per heavy atom. The van der Waals surface area contributed by atoms with Crippen LogP contribution < -0.4 is 0 Å². The van der Waals surface area contributed by atoms with E-state index in [1.54, 1.807) is 0 Å². The number of aryl methyl sites for hydroxylation is 1. The van der Waals surface area contributed by atoms with Gasteiger partial charge in [-0.1, -0.05) is 146 Å². The second kappa shape index (κ2) is 14.6. The summed E-state index contributed by atoms with van der Waals surface area (Å²) in [5.41, 5.74) is 19.4. The van der Waals surface area contributed by atoms with Gasteiger partial charge < -0.3 is 8.98 Å². The molecule has 12 rings (SSSR count). The first kappa shape index (κ1) is 37.8. The number of fused-ring (bicyclic) bond motifs is 12. The second-order valence-electron chi connectivity index (χ2n) is 16.8. The molecular weight excluding hydrogens is 781 g/mol. The minimum atomic E-state index is -0.431. The van der Waals surface area contributed by atoms with Gasteiger partial charge in [0.25, 0.3) is 0 Å². The van der Waals surface area contributed by atoms with Crippen LogP contribution in [-0.4, -0.2) is 19.5 Å². The van der Waals surface area contributed by atoms with E-state index in [2.05, 4.69) is 166 Å². The summed E-state index contributed by atoms with van der Waals surface area (Å²) in [6, 6.07) is 56.1. The predicted octanol–water partition coefficient (Wildman–Crippen LogP) is 15.0. The first-order chi connectivity index (χ1) is 31.5. The molecule has 5 heteroatoms. The molecule has 0 bridgehead atoms. The SMILES string of the molecule is C/C=C\C1=C(C)c2ccccc2C12c1ccccc1-c1c2ccc2c(CC)c(/C=C\C)n(-c3ccc(-c4nc(-c5ccccc5)nc(-c5cccc6oc7ccccc7c56)n4)cc3)c12. The van der Waals surface area contributed by atoms with Crippen LogP contribution in [0.5, 0.6) is 0 Å². The van der Waals surface area contributed by atoms with Gasteiger partial charge >= 0.3 is 0 Å². The maximum absolute atomic E-state index is 6.29. The van der Waals surface area contributed by atoms with Crippen molar-refractivity contribution in [1.82, 2.24) is 19.5 Å². The molecule has 1 atom stereocenters. The molecule has 3 aromatic heterocycles. The minimum Gasteiger partial charge on any atom is -0.456 e. The number of para-hydroxylation sites is 1. The summed E-state index contributed by atoms with van der Waals surface area (Å²) in [5, 5.41) is 3.30. The fourth-order valence-electron chi connectivity index (χ4n) is 11.0. The van der Waals surface area contributed by atoms with Crippen LogP contribution in [0.4, 0.5) is 0 Å². The molecule has 2 aliphatic carbocycles. The highest BCUT2D eigenvalue weighted by molar-refractivity contribution is 6.12. The van der Waals surface area contributed by atoms with E-state index in [0.717, 1.165) is 50.7 Å². The highest BCUT2D eigenvalue weighted by atomic mass is 16.3. The third-order valence-corrected chi connectivity index (χ3v) is 13.5. The predicted molar refractivity (Wildman–Crippen MR) is 263 cm³/mol. The van der Waals surface area contributed by atoms with Crippen molar-refractivity contribution in [1.29, 1.82) is 0 Å². The molecule has 0 saturated carbocycles. The Hall–Kier alpha value is -7.89. The molecule has 7 aromatic carbocycles. The zero-order chi connectivity index (χ0) is 43.1. The standard InChI is InChI=1S/C59H44N4O/c1-5-18-46-36(4)41-22-11-14-26-47(41)59(46)48-27-15-12-23-43(48)54-49(59)35-34-42-40(7-3)50(19-6-2)63(55(42)54)39-32-30-38(31-33-39)57-60-56(37-20-9-8-10-21-37)61-58(62-57)45-25-17-29-52-53(45)44-24-13-16-28-51(44)64-52/h5-6,8-35H,7H2,1-4H3/b18-5-,19-6-. The first-order valence-corrected chi connectivity index (χ1v) is 22.2. The van der Waals surface area contributed by atoms with Crippen LogP contribution in [-0.2, 0) is 11.8 Å². The van der Waals surface area contributed by atoms with Gasteiger partial charge in [-0.25, -0.2) is 15.0 Å². The van der Waals surface area contributed by atoms with E-state index in [4.69, 9.17) is 19.4 Å². The summed E-state index contributed by atoms with van der Waals surface area (Å²) in [6.45, 7) is 8.82. The fourth-order valence-corrected chi connectivity index (χ4v) is 11.0. The molecule has 3 heterocycles. The number of furan rings is 1. The molecule has 64 heavy (non-hydrogen) atoms. The van der Waals surface area contributed by atoms with Crippen molar-refractivity contribution >= 4 is 44.5 Å². The smallest absolute Gasteiger partial charge is 0.164 e. The monoisotopic (exact) mass is 824 g/mol. The maximum atomic E-state index is 6.29. The molecular formula is C59H44N4O. The van der Waals surface area contributed by atoms with E-state index >= 15 is 0 Å². The normalized spacial score (nSPS) is 15.4. The molecule has 0 radical (unpaired) electrons. The average Bonchev–Trinajstić information content (AvgIpc) is 4.05. The lowest BCUT2D eigenvalue weighted by Gasteiger charge is -2.31. The van der Waals surface area contributed by atoms with Gasteiger partial charge in [0.15, 0.2) is 17.5 Å². The Labute approximate surface area is 372 Å². The van der Waals surface area contributed by atoms with Gasteiger partial charge in [-0.3, -0.25) is 0 Å². The molecule has 1 spiro atoms. The minimum absolute atomic E-state index is 0.431. The van der Waals surface area contributed by atoms with Crippen LogP contribution in [0.1, 0.15) is 61.2 Å². The van der Waals surface area contributed by atoms with Gasteiger partial charge in [0.05, 0.1) is 10.9 Å². The summed E-state index contributed by atoms with van der Waals surface area (Å²) < 4.78 is 8.79. The van der Waals surface area contributed by atoms with Gasteiger partial charge in [-0.15, -0.1) is 0 Å². The van der Waals surface area contributed by atoms with Crippen molar-refractivity contribution in [3.8, 4) is 51.0 Å². The summed E-state index contributed by atoms with van der Waals surface area (Å²) in [5.74, 6) is 1.82. The van der Waals surface area contributed by atoms with E-state index in [9.17, 15) is 0 Å². The molecule has 0 fully saturated rings. The molecule has 2 aliphatic rings. The lowest BCUT2D eigenvalue weighted by molar-refractivity contribution is 0.669. The number of rotatable bonds is 7. The molecule has 1 unspecified atom stereocenters. The molecule has 0 saturated heterocycles. The van der Waals surface area contributed by atoms with Gasteiger partial charge in [0, 0.05) is 49.8 Å². The molecule has 0 amide bonds. The van der Waals surface area contributed by atoms with E-state index in [1.807, 2.05) is 48.5 Å². The van der Waals surface area contributed by atoms with E-state index < -0.39 is 5.41 Å². The van der Waals surface area contributed by atoms with Crippen molar-refractivity contribution in [3.63, 3.8) is 0 Å². The van der Waals surface area contributed by atoms with Gasteiger partial charge in [-0.2, -0.15) is 0 Å². The highest BCUT2D eigenvalue weighted by Crippen LogP contribution is 2.63. The number of allylic oxidation sites excluding steroid dienone is 5. The van der Waals surface area contributed by atoms with Gasteiger partial charge in [0.1, 0.15) is 11.2 Å². The molecule has 306 valence electrons. The van der Waals surface area contributed by atoms with Crippen LogP contribution in [0.2, 0.25) is 0 Å². The Balaban J connectivity index is 1.08. The van der Waals surface area contributed by atoms with Crippen molar-refractivity contribution in [2.45, 2.75) is 39.5 Å². The largest absolute Gasteiger partial charge is 0.456 e. The summed E-state index contributed by atoms with van der Waals surface area (Å²) >= 11 is 0. The summed E-state index contributed by atoms with van der Waals surface area (Å²) in [7, 11) is 0. The molecule has 0 aliphatic heterocycles. The number of aromatic nitrogens is 4. The number of benzene rings is 7. The molecule has 10 aromatic rings. The topological polar surface area (TPSA) is 56.7 Å². The quantitative estimate of drug-likeness (QED) is 0.161. The maximum Gasteiger partial charge on any atom is 0.164 e. The van der Waals surface area contributed by atoms with Crippen LogP contribution >= 0.6 is 0 Å². The van der Waals surface area contributed by atoms with Crippen molar-refractivity contribution in [3.05, 3.63) is 215 Å². The Morgan fingerprint density at radius 2 is 1.17 bits per heavy atom. The number of hydrogen-bond acceptors (Lipinski definition) is 4. The van der Waals surface area contributed by atoms with Crippen LogP contribution in [0.25, 0.3) is 95.5 Å². The zero-order valence-electron chi connectivity index (χ0n) is 36.2. The second-order valence-corrected chi connectivity index (χ2v) is 16.8. The fraction of sp³-hybridized carbons (Fsp3) is 0.102. The summed E-state index contributed by atoms with van der Waals surface area (Å²) in [6.07, 6.45) is 9.89. The average molecular weight is 825 g/mol. The first-order valence-electron chi connectivity index (χ1n) is 22.2. The molecule has 0 N–H and O–H groups in total. The van der Waals surface area contributed by atoms with E-state index in [-0.39, 0.29) is 0 Å². The lowest BCUT2D eigenvalue weighted by atomic mass is 9.69. The number of hydrogen-bond donors (Lipinski definition) is 0. The van der Waals surface area contributed by atoms with Gasteiger partial charge in [-0.05, 0) is 114 Å². The Kier molecular flexibility index (Phi) is 8.63. The van der Waals surface area contributed by atoms with Gasteiger partial charge in [0.2, 0.25) is 0 Å². The third kappa shape index (κ3) is 5.27. The van der Waals surface area contributed by atoms with Crippen LogP contribution in [0, 0.1) is 0 Å². The van der Waals surface area contributed by atoms with E-state index in [0.29, 0.717) is 17.5 Å². The highest BCUT2D eigenvalue weighted by Gasteiger charge is 2.52. The Bertz CT molecular complexity index is 3620. The summed E-state index contributed by atoms with van der Waals surface area (Å²) in [4.78, 5) is 15.5. The van der Waals surface area contributed by atoms with Crippen molar-refractivity contribution < 1.29 is 4.42 Å².